The Morgan fingerprint density at radius 3 is 2.33 bits per heavy atom. The van der Waals surface area contributed by atoms with Gasteiger partial charge in [0, 0.05) is 0 Å². The minimum atomic E-state index is 0.0237. The smallest absolute Gasteiger partial charge is 0.0511 e. The lowest BCUT2D eigenvalue weighted by molar-refractivity contribution is -0.194. The molecule has 3 unspecified atom stereocenters. The Balaban J connectivity index is 2.29. The summed E-state index contributed by atoms with van der Waals surface area (Å²) in [5.41, 5.74) is 2.90. The second-order valence-corrected chi connectivity index (χ2v) is 5.18. The maximum Gasteiger partial charge on any atom is 0.0511 e. The molecule has 12 heavy (non-hydrogen) atoms. The van der Waals surface area contributed by atoms with Crippen molar-refractivity contribution in [3.63, 3.8) is 0 Å². The van der Waals surface area contributed by atoms with E-state index in [2.05, 4.69) is 26.3 Å². The Bertz CT molecular complexity index is 202. The van der Waals surface area contributed by atoms with Crippen molar-refractivity contribution in [2.45, 2.75) is 45.6 Å². The van der Waals surface area contributed by atoms with Crippen molar-refractivity contribution < 1.29 is 5.21 Å². The first-order valence-electron chi connectivity index (χ1n) is 4.96. The molecule has 2 nitrogen and oxygen atoms in total. The fourth-order valence-electron chi connectivity index (χ4n) is 3.44. The topological polar surface area (TPSA) is 32.3 Å². The molecule has 70 valence electrons. The predicted molar refractivity (Wildman–Crippen MR) is 47.9 cm³/mol. The van der Waals surface area contributed by atoms with Gasteiger partial charge in [0.05, 0.1) is 5.54 Å². The second-order valence-electron chi connectivity index (χ2n) is 5.18. The molecule has 3 saturated carbocycles. The van der Waals surface area contributed by atoms with Crippen molar-refractivity contribution >= 4 is 0 Å². The zero-order chi connectivity index (χ0) is 8.98. The number of rotatable bonds is 1. The van der Waals surface area contributed by atoms with Gasteiger partial charge in [0.25, 0.3) is 0 Å². The average Bonchev–Trinajstić information content (AvgIpc) is 2.04. The lowest BCUT2D eigenvalue weighted by atomic mass is 9.41. The zero-order valence-corrected chi connectivity index (χ0v) is 8.22. The van der Waals surface area contributed by atoms with E-state index in [0.717, 1.165) is 12.3 Å². The van der Waals surface area contributed by atoms with Gasteiger partial charge in [-0.1, -0.05) is 20.8 Å². The summed E-state index contributed by atoms with van der Waals surface area (Å²) in [6.45, 7) is 6.81. The molecule has 0 amide bonds. The first kappa shape index (κ1) is 8.52. The van der Waals surface area contributed by atoms with Crippen LogP contribution in [0.1, 0.15) is 40.0 Å². The molecule has 3 aliphatic rings. The van der Waals surface area contributed by atoms with Crippen molar-refractivity contribution in [2.75, 3.05) is 0 Å². The van der Waals surface area contributed by atoms with Crippen molar-refractivity contribution in [1.82, 2.24) is 5.48 Å². The molecule has 0 spiro atoms. The van der Waals surface area contributed by atoms with Crippen LogP contribution in [0, 0.1) is 17.3 Å². The highest BCUT2D eigenvalue weighted by Gasteiger charge is 2.64. The van der Waals surface area contributed by atoms with Gasteiger partial charge in [0.2, 0.25) is 0 Å². The van der Waals surface area contributed by atoms with Gasteiger partial charge in [-0.15, -0.1) is 0 Å². The van der Waals surface area contributed by atoms with Crippen LogP contribution in [0.15, 0.2) is 0 Å². The molecule has 0 aromatic heterocycles. The minimum Gasteiger partial charge on any atom is -0.316 e. The third-order valence-electron chi connectivity index (χ3n) is 4.73. The Morgan fingerprint density at radius 2 is 2.00 bits per heavy atom. The lowest BCUT2D eigenvalue weighted by Crippen LogP contribution is -2.73. The van der Waals surface area contributed by atoms with E-state index in [1.807, 2.05) is 0 Å². The van der Waals surface area contributed by atoms with Crippen LogP contribution in [0.5, 0.6) is 0 Å². The zero-order valence-electron chi connectivity index (χ0n) is 8.22. The largest absolute Gasteiger partial charge is 0.316 e. The van der Waals surface area contributed by atoms with Gasteiger partial charge < -0.3 is 5.21 Å². The van der Waals surface area contributed by atoms with Crippen LogP contribution in [-0.2, 0) is 0 Å². The maximum atomic E-state index is 9.24. The molecule has 0 saturated heterocycles. The normalized spacial score (nSPS) is 50.0. The molecule has 3 atom stereocenters. The molecule has 3 fully saturated rings. The molecule has 0 aliphatic heterocycles. The summed E-state index contributed by atoms with van der Waals surface area (Å²) in [5.74, 6) is 1.44. The van der Waals surface area contributed by atoms with E-state index in [1.54, 1.807) is 0 Å². The quantitative estimate of drug-likeness (QED) is 0.590. The minimum absolute atomic E-state index is 0.0237. The van der Waals surface area contributed by atoms with Crippen LogP contribution in [-0.4, -0.2) is 10.7 Å². The Kier molecular flexibility index (Phi) is 1.59. The van der Waals surface area contributed by atoms with Crippen molar-refractivity contribution in [3.8, 4) is 0 Å². The summed E-state index contributed by atoms with van der Waals surface area (Å²) in [6.07, 6.45) is 3.77. The van der Waals surface area contributed by atoms with Crippen LogP contribution < -0.4 is 5.48 Å². The monoisotopic (exact) mass is 169 g/mol. The molecule has 0 aromatic carbocycles. The molecular weight excluding hydrogens is 150 g/mol. The Morgan fingerprint density at radius 1 is 1.33 bits per heavy atom. The third-order valence-corrected chi connectivity index (χ3v) is 4.73. The van der Waals surface area contributed by atoms with Gasteiger partial charge in [-0.3, -0.25) is 0 Å². The van der Waals surface area contributed by atoms with Crippen molar-refractivity contribution in [3.05, 3.63) is 0 Å². The summed E-state index contributed by atoms with van der Waals surface area (Å²) in [6, 6.07) is 0. The van der Waals surface area contributed by atoms with Gasteiger partial charge >= 0.3 is 0 Å². The molecule has 3 rings (SSSR count). The third kappa shape index (κ3) is 0.686. The van der Waals surface area contributed by atoms with Gasteiger partial charge in [-0.25, -0.2) is 0 Å². The first-order chi connectivity index (χ1) is 5.54. The number of hydrogen-bond donors (Lipinski definition) is 2. The van der Waals surface area contributed by atoms with Crippen LogP contribution in [0.2, 0.25) is 0 Å². The van der Waals surface area contributed by atoms with Gasteiger partial charge in [0.1, 0.15) is 0 Å². The fourth-order valence-corrected chi connectivity index (χ4v) is 3.44. The average molecular weight is 169 g/mol. The van der Waals surface area contributed by atoms with Crippen molar-refractivity contribution in [1.29, 1.82) is 0 Å². The van der Waals surface area contributed by atoms with Crippen LogP contribution >= 0.6 is 0 Å². The molecule has 0 heterocycles. The SMILES string of the molecule is CC1CCC2CC1(NO)C2(C)C. The van der Waals surface area contributed by atoms with Gasteiger partial charge in [0.15, 0.2) is 0 Å². The molecular formula is C10H19NO. The summed E-state index contributed by atoms with van der Waals surface area (Å²) in [4.78, 5) is 0. The lowest BCUT2D eigenvalue weighted by Gasteiger charge is -2.67. The highest BCUT2D eigenvalue weighted by atomic mass is 16.5. The van der Waals surface area contributed by atoms with Crippen LogP contribution in [0.3, 0.4) is 0 Å². The Labute approximate surface area is 74.3 Å². The van der Waals surface area contributed by atoms with Gasteiger partial charge in [-0.2, -0.15) is 5.48 Å². The molecule has 0 aromatic rings. The predicted octanol–water partition coefficient (Wildman–Crippen LogP) is 2.18. The standard InChI is InChI=1S/C10H19NO/c1-7-4-5-8-6-10(7,11-12)9(8,2)3/h7-8,11-12H,4-6H2,1-3H3. The van der Waals surface area contributed by atoms with E-state index in [1.165, 1.54) is 12.8 Å². The Hall–Kier alpha value is -0.0800. The van der Waals surface area contributed by atoms with Crippen LogP contribution in [0.4, 0.5) is 0 Å². The summed E-state index contributed by atoms with van der Waals surface area (Å²) in [5, 5.41) is 9.24. The number of fused-ring (bicyclic) bond motifs is 2. The highest BCUT2D eigenvalue weighted by Crippen LogP contribution is 2.63. The molecule has 3 aliphatic carbocycles. The van der Waals surface area contributed by atoms with Crippen LogP contribution in [0.25, 0.3) is 0 Å². The summed E-state index contributed by atoms with van der Waals surface area (Å²) < 4.78 is 0. The number of nitrogens with one attached hydrogen (secondary N) is 1. The molecule has 2 bridgehead atoms. The highest BCUT2D eigenvalue weighted by molar-refractivity contribution is 5.17. The van der Waals surface area contributed by atoms with E-state index >= 15 is 0 Å². The first-order valence-corrected chi connectivity index (χ1v) is 4.96. The fraction of sp³-hybridized carbons (Fsp3) is 1.00. The van der Waals surface area contributed by atoms with E-state index < -0.39 is 0 Å². The van der Waals surface area contributed by atoms with E-state index in [-0.39, 0.29) is 5.54 Å². The van der Waals surface area contributed by atoms with Crippen molar-refractivity contribution in [2.24, 2.45) is 17.3 Å². The second kappa shape index (κ2) is 2.24. The molecule has 0 radical (unpaired) electrons. The molecule has 2 heteroatoms. The molecule has 2 N–H and O–H groups in total. The van der Waals surface area contributed by atoms with E-state index in [4.69, 9.17) is 0 Å². The maximum absolute atomic E-state index is 9.24. The number of hydroxylamine groups is 1. The summed E-state index contributed by atoms with van der Waals surface area (Å²) >= 11 is 0. The van der Waals surface area contributed by atoms with Gasteiger partial charge in [-0.05, 0) is 36.5 Å². The summed E-state index contributed by atoms with van der Waals surface area (Å²) in [7, 11) is 0. The van der Waals surface area contributed by atoms with E-state index in [9.17, 15) is 5.21 Å². The van der Waals surface area contributed by atoms with E-state index in [0.29, 0.717) is 11.3 Å². The number of hydrogen-bond acceptors (Lipinski definition) is 2.